The Balaban J connectivity index is 2.00. The fraction of sp³-hybridized carbons (Fsp3) is 0.385. The van der Waals surface area contributed by atoms with Crippen LogP contribution in [0, 0.1) is 0 Å². The molecule has 1 N–H and O–H groups in total. The summed E-state index contributed by atoms with van der Waals surface area (Å²) in [7, 11) is 0. The Labute approximate surface area is 85.1 Å². The molecule has 1 nitrogen and oxygen atoms in total. The molecule has 1 aromatic carbocycles. The number of allylic oxidation sites excluding steroid dienone is 1. The molecule has 14 heavy (non-hydrogen) atoms. The van der Waals surface area contributed by atoms with Gasteiger partial charge < -0.3 is 5.11 Å². The monoisotopic (exact) mass is 188 g/mol. The summed E-state index contributed by atoms with van der Waals surface area (Å²) in [6.45, 7) is 0.318. The first-order valence-electron chi connectivity index (χ1n) is 5.30. The third-order valence-corrected chi connectivity index (χ3v) is 2.83. The van der Waals surface area contributed by atoms with Crippen molar-refractivity contribution in [3.05, 3.63) is 41.5 Å². The maximum Gasteiger partial charge on any atom is 0.0431 e. The number of aliphatic hydroxyl groups excluding tert-OH is 1. The first-order chi connectivity index (χ1) is 6.92. The maximum atomic E-state index is 8.72. The van der Waals surface area contributed by atoms with E-state index in [1.165, 1.54) is 11.1 Å². The molecule has 0 fully saturated rings. The summed E-state index contributed by atoms with van der Waals surface area (Å²) in [5.41, 5.74) is 2.81. The topological polar surface area (TPSA) is 20.2 Å². The van der Waals surface area contributed by atoms with Crippen molar-refractivity contribution in [3.8, 4) is 0 Å². The van der Waals surface area contributed by atoms with Gasteiger partial charge in [-0.3, -0.25) is 0 Å². The maximum absolute atomic E-state index is 8.72. The Bertz CT molecular complexity index is 328. The van der Waals surface area contributed by atoms with Crippen molar-refractivity contribution in [3.63, 3.8) is 0 Å². The lowest BCUT2D eigenvalue weighted by molar-refractivity contribution is 0.282. The molecular formula is C13H16O. The number of unbranched alkanes of at least 4 members (excludes halogenated alkanes) is 1. The van der Waals surface area contributed by atoms with Crippen LogP contribution in [0.15, 0.2) is 30.3 Å². The molecule has 1 unspecified atom stereocenters. The minimum absolute atomic E-state index is 0.318. The molecule has 0 spiro atoms. The van der Waals surface area contributed by atoms with E-state index in [9.17, 15) is 0 Å². The zero-order valence-electron chi connectivity index (χ0n) is 8.32. The molecule has 0 saturated heterocycles. The molecule has 0 heterocycles. The summed E-state index contributed by atoms with van der Waals surface area (Å²) in [5.74, 6) is 0.581. The minimum atomic E-state index is 0.318. The van der Waals surface area contributed by atoms with Crippen LogP contribution < -0.4 is 0 Å². The van der Waals surface area contributed by atoms with E-state index >= 15 is 0 Å². The largest absolute Gasteiger partial charge is 0.396 e. The van der Waals surface area contributed by atoms with E-state index in [1.807, 2.05) is 0 Å². The molecule has 1 aliphatic carbocycles. The molecule has 0 aliphatic heterocycles. The van der Waals surface area contributed by atoms with Gasteiger partial charge in [0.15, 0.2) is 0 Å². The highest BCUT2D eigenvalue weighted by molar-refractivity contribution is 5.62. The molecule has 1 aliphatic rings. The highest BCUT2D eigenvalue weighted by atomic mass is 16.2. The van der Waals surface area contributed by atoms with Gasteiger partial charge >= 0.3 is 0 Å². The SMILES string of the molecule is OCCCCC1C=Cc2ccccc21. The number of rotatable bonds is 4. The number of fused-ring (bicyclic) bond motifs is 1. The Kier molecular flexibility index (Phi) is 3.00. The van der Waals surface area contributed by atoms with Crippen LogP contribution in [0.25, 0.3) is 6.08 Å². The van der Waals surface area contributed by atoms with Crippen LogP contribution in [-0.2, 0) is 0 Å². The Hall–Kier alpha value is -1.08. The number of benzene rings is 1. The van der Waals surface area contributed by atoms with Gasteiger partial charge in [-0.15, -0.1) is 0 Å². The summed E-state index contributed by atoms with van der Waals surface area (Å²) in [5, 5.41) is 8.72. The molecule has 1 atom stereocenters. The zero-order chi connectivity index (χ0) is 9.80. The van der Waals surface area contributed by atoms with E-state index in [0.717, 1.165) is 19.3 Å². The second kappa shape index (κ2) is 4.43. The number of hydrogen-bond donors (Lipinski definition) is 1. The second-order valence-corrected chi connectivity index (χ2v) is 3.81. The Morgan fingerprint density at radius 2 is 2.00 bits per heavy atom. The molecule has 0 radical (unpaired) electrons. The summed E-state index contributed by atoms with van der Waals surface area (Å²) in [6, 6.07) is 8.56. The molecular weight excluding hydrogens is 172 g/mol. The third kappa shape index (κ3) is 1.88. The van der Waals surface area contributed by atoms with Gasteiger partial charge in [0, 0.05) is 12.5 Å². The summed E-state index contributed by atoms with van der Waals surface area (Å²) in [4.78, 5) is 0. The fourth-order valence-electron chi connectivity index (χ4n) is 2.05. The molecule has 0 saturated carbocycles. The lowest BCUT2D eigenvalue weighted by Crippen LogP contribution is -1.94. The van der Waals surface area contributed by atoms with Gasteiger partial charge in [0.25, 0.3) is 0 Å². The summed E-state index contributed by atoms with van der Waals surface area (Å²) in [6.07, 6.45) is 7.68. The van der Waals surface area contributed by atoms with Crippen molar-refractivity contribution in [2.45, 2.75) is 25.2 Å². The van der Waals surface area contributed by atoms with Crippen molar-refractivity contribution < 1.29 is 5.11 Å². The highest BCUT2D eigenvalue weighted by Gasteiger charge is 2.15. The molecule has 2 rings (SSSR count). The van der Waals surface area contributed by atoms with Crippen LogP contribution in [0.2, 0.25) is 0 Å². The normalized spacial score (nSPS) is 18.5. The van der Waals surface area contributed by atoms with E-state index < -0.39 is 0 Å². The van der Waals surface area contributed by atoms with Gasteiger partial charge in [0.05, 0.1) is 0 Å². The van der Waals surface area contributed by atoms with E-state index in [-0.39, 0.29) is 0 Å². The van der Waals surface area contributed by atoms with Gasteiger partial charge in [-0.25, -0.2) is 0 Å². The van der Waals surface area contributed by atoms with Crippen LogP contribution in [-0.4, -0.2) is 11.7 Å². The smallest absolute Gasteiger partial charge is 0.0431 e. The predicted octanol–water partition coefficient (Wildman–Crippen LogP) is 2.96. The van der Waals surface area contributed by atoms with Crippen molar-refractivity contribution in [2.24, 2.45) is 0 Å². The lowest BCUT2D eigenvalue weighted by atomic mass is 9.95. The first-order valence-corrected chi connectivity index (χ1v) is 5.30. The zero-order valence-corrected chi connectivity index (χ0v) is 8.32. The number of hydrogen-bond acceptors (Lipinski definition) is 1. The fourth-order valence-corrected chi connectivity index (χ4v) is 2.05. The molecule has 0 aromatic heterocycles. The van der Waals surface area contributed by atoms with Crippen molar-refractivity contribution in [2.75, 3.05) is 6.61 Å². The van der Waals surface area contributed by atoms with Crippen molar-refractivity contribution in [1.29, 1.82) is 0 Å². The lowest BCUT2D eigenvalue weighted by Gasteiger charge is -2.09. The Morgan fingerprint density at radius 1 is 1.14 bits per heavy atom. The first kappa shape index (κ1) is 9.47. The molecule has 74 valence electrons. The van der Waals surface area contributed by atoms with Crippen molar-refractivity contribution in [1.82, 2.24) is 0 Å². The van der Waals surface area contributed by atoms with Crippen LogP contribution in [0.5, 0.6) is 0 Å². The second-order valence-electron chi connectivity index (χ2n) is 3.81. The van der Waals surface area contributed by atoms with Gasteiger partial charge in [-0.1, -0.05) is 42.8 Å². The van der Waals surface area contributed by atoms with Gasteiger partial charge in [0.1, 0.15) is 0 Å². The van der Waals surface area contributed by atoms with E-state index in [2.05, 4.69) is 36.4 Å². The van der Waals surface area contributed by atoms with E-state index in [4.69, 9.17) is 5.11 Å². The van der Waals surface area contributed by atoms with Crippen LogP contribution >= 0.6 is 0 Å². The Morgan fingerprint density at radius 3 is 2.86 bits per heavy atom. The summed E-state index contributed by atoms with van der Waals surface area (Å²) >= 11 is 0. The molecule has 0 amide bonds. The quantitative estimate of drug-likeness (QED) is 0.720. The standard InChI is InChI=1S/C13H16O/c14-10-4-3-6-12-9-8-11-5-1-2-7-13(11)12/h1-2,5,7-9,12,14H,3-4,6,10H2. The average Bonchev–Trinajstić information content (AvgIpc) is 2.63. The van der Waals surface area contributed by atoms with Crippen LogP contribution in [0.4, 0.5) is 0 Å². The average molecular weight is 188 g/mol. The van der Waals surface area contributed by atoms with Gasteiger partial charge in [-0.2, -0.15) is 0 Å². The third-order valence-electron chi connectivity index (χ3n) is 2.83. The van der Waals surface area contributed by atoms with E-state index in [1.54, 1.807) is 0 Å². The molecule has 1 heteroatoms. The van der Waals surface area contributed by atoms with Gasteiger partial charge in [-0.05, 0) is 24.0 Å². The van der Waals surface area contributed by atoms with Gasteiger partial charge in [0.2, 0.25) is 0 Å². The van der Waals surface area contributed by atoms with E-state index in [0.29, 0.717) is 12.5 Å². The van der Waals surface area contributed by atoms with Crippen LogP contribution in [0.3, 0.4) is 0 Å². The highest BCUT2D eigenvalue weighted by Crippen LogP contribution is 2.33. The van der Waals surface area contributed by atoms with Crippen molar-refractivity contribution >= 4 is 6.08 Å². The van der Waals surface area contributed by atoms with Crippen LogP contribution in [0.1, 0.15) is 36.3 Å². The summed E-state index contributed by atoms with van der Waals surface area (Å²) < 4.78 is 0. The molecule has 1 aromatic rings. The minimum Gasteiger partial charge on any atom is -0.396 e. The predicted molar refractivity (Wildman–Crippen MR) is 59.2 cm³/mol. The number of aliphatic hydroxyl groups is 1. The molecule has 0 bridgehead atoms.